The third kappa shape index (κ3) is 5.15. The molecule has 0 aromatic rings. The van der Waals surface area contributed by atoms with Crippen LogP contribution < -0.4 is 0 Å². The van der Waals surface area contributed by atoms with Gasteiger partial charge in [0.2, 0.25) is 0 Å². The van der Waals surface area contributed by atoms with Crippen molar-refractivity contribution < 1.29 is 19.1 Å². The van der Waals surface area contributed by atoms with Gasteiger partial charge in [0.25, 0.3) is 0 Å². The molecule has 0 bridgehead atoms. The Balaban J connectivity index is 2.26. The molecule has 2 aliphatic rings. The van der Waals surface area contributed by atoms with Crippen LogP contribution in [0.1, 0.15) is 66.2 Å². The summed E-state index contributed by atoms with van der Waals surface area (Å²) in [4.78, 5) is 24.6. The van der Waals surface area contributed by atoms with Crippen LogP contribution in [0.4, 0.5) is 0 Å². The van der Waals surface area contributed by atoms with Gasteiger partial charge in [-0.05, 0) is 72.3 Å². The second-order valence-electron chi connectivity index (χ2n) is 7.50. The number of carbonyl (C=O) groups excluding carboxylic acids is 2. The summed E-state index contributed by atoms with van der Waals surface area (Å²) in [6, 6.07) is 0. The fraction of sp³-hybridized carbons (Fsp3) is 0.619. The highest BCUT2D eigenvalue weighted by Gasteiger charge is 2.50. The zero-order chi connectivity index (χ0) is 18.6. The summed E-state index contributed by atoms with van der Waals surface area (Å²) in [5, 5.41) is 0. The zero-order valence-electron chi connectivity index (χ0n) is 16.1. The predicted molar refractivity (Wildman–Crippen MR) is 98.2 cm³/mol. The predicted octanol–water partition coefficient (Wildman–Crippen LogP) is 4.45. The molecule has 0 spiro atoms. The number of epoxide rings is 1. The summed E-state index contributed by atoms with van der Waals surface area (Å²) in [6.45, 7) is 7.90. The first-order valence-corrected chi connectivity index (χ1v) is 9.10. The molecule has 0 N–H and O–H groups in total. The largest absolute Gasteiger partial charge is 0.466 e. The van der Waals surface area contributed by atoms with Crippen LogP contribution in [0.3, 0.4) is 0 Å². The van der Waals surface area contributed by atoms with Crippen LogP contribution in [0.15, 0.2) is 34.4 Å². The molecule has 1 fully saturated rings. The minimum absolute atomic E-state index is 0.00226. The van der Waals surface area contributed by atoms with E-state index in [0.29, 0.717) is 17.6 Å². The lowest BCUT2D eigenvalue weighted by Crippen LogP contribution is -2.12. The lowest BCUT2D eigenvalue weighted by Gasteiger charge is -2.11. The van der Waals surface area contributed by atoms with Gasteiger partial charge in [-0.1, -0.05) is 17.2 Å². The SMILES string of the molecule is COC(=O)/C(C)=C1/CC/C(C)=C/CC[C@]2(C)O[C@H]2CC/C(C)=C\C1=O. The Kier molecular flexibility index (Phi) is 6.39. The number of hydrogen-bond acceptors (Lipinski definition) is 4. The Labute approximate surface area is 151 Å². The van der Waals surface area contributed by atoms with Crippen LogP contribution in [0.25, 0.3) is 0 Å². The van der Waals surface area contributed by atoms with E-state index < -0.39 is 5.97 Å². The van der Waals surface area contributed by atoms with Crippen molar-refractivity contribution in [2.24, 2.45) is 0 Å². The van der Waals surface area contributed by atoms with Crippen LogP contribution >= 0.6 is 0 Å². The van der Waals surface area contributed by atoms with Crippen LogP contribution in [0.2, 0.25) is 0 Å². The Bertz CT molecular complexity index is 638. The van der Waals surface area contributed by atoms with Gasteiger partial charge >= 0.3 is 5.97 Å². The molecular weight excluding hydrogens is 316 g/mol. The van der Waals surface area contributed by atoms with E-state index in [0.717, 1.165) is 37.7 Å². The summed E-state index contributed by atoms with van der Waals surface area (Å²) in [6.07, 6.45) is 9.30. The maximum Gasteiger partial charge on any atom is 0.333 e. The smallest absolute Gasteiger partial charge is 0.333 e. The van der Waals surface area contributed by atoms with Crippen molar-refractivity contribution in [3.05, 3.63) is 34.4 Å². The fourth-order valence-corrected chi connectivity index (χ4v) is 3.42. The molecule has 2 atom stereocenters. The van der Waals surface area contributed by atoms with Crippen molar-refractivity contribution >= 4 is 11.8 Å². The van der Waals surface area contributed by atoms with Crippen LogP contribution in [-0.4, -0.2) is 30.6 Å². The molecule has 0 saturated carbocycles. The Morgan fingerprint density at radius 1 is 1.24 bits per heavy atom. The third-order valence-corrected chi connectivity index (χ3v) is 5.36. The van der Waals surface area contributed by atoms with Crippen molar-refractivity contribution in [3.8, 4) is 0 Å². The lowest BCUT2D eigenvalue weighted by molar-refractivity contribution is -0.136. The van der Waals surface area contributed by atoms with Gasteiger partial charge in [-0.15, -0.1) is 0 Å². The van der Waals surface area contributed by atoms with E-state index in [1.54, 1.807) is 13.0 Å². The van der Waals surface area contributed by atoms with E-state index in [-0.39, 0.29) is 17.5 Å². The van der Waals surface area contributed by atoms with E-state index in [2.05, 4.69) is 19.9 Å². The van der Waals surface area contributed by atoms with Gasteiger partial charge in [-0.25, -0.2) is 4.79 Å². The molecule has 0 unspecified atom stereocenters. The van der Waals surface area contributed by atoms with Gasteiger partial charge in [0.05, 0.1) is 18.8 Å². The first kappa shape index (κ1) is 19.6. The third-order valence-electron chi connectivity index (χ3n) is 5.36. The molecule has 2 rings (SSSR count). The minimum Gasteiger partial charge on any atom is -0.466 e. The van der Waals surface area contributed by atoms with Crippen molar-refractivity contribution in [2.45, 2.75) is 77.9 Å². The van der Waals surface area contributed by atoms with Gasteiger partial charge in [0.15, 0.2) is 5.78 Å². The summed E-state index contributed by atoms with van der Waals surface area (Å²) >= 11 is 0. The number of esters is 1. The summed E-state index contributed by atoms with van der Waals surface area (Å²) in [7, 11) is 1.35. The molecule has 1 aliphatic carbocycles. The molecule has 0 amide bonds. The van der Waals surface area contributed by atoms with Gasteiger partial charge in [0.1, 0.15) is 0 Å². The highest BCUT2D eigenvalue weighted by molar-refractivity contribution is 6.09. The highest BCUT2D eigenvalue weighted by Crippen LogP contribution is 2.43. The number of hydrogen-bond donors (Lipinski definition) is 0. The van der Waals surface area contributed by atoms with Gasteiger partial charge in [0, 0.05) is 11.1 Å². The van der Waals surface area contributed by atoms with E-state index >= 15 is 0 Å². The quantitative estimate of drug-likeness (QED) is 0.305. The number of carbonyl (C=O) groups is 2. The maximum atomic E-state index is 12.7. The van der Waals surface area contributed by atoms with E-state index in [4.69, 9.17) is 9.47 Å². The normalized spacial score (nSPS) is 34.6. The lowest BCUT2D eigenvalue weighted by atomic mass is 9.92. The second-order valence-corrected chi connectivity index (χ2v) is 7.50. The molecule has 1 aliphatic heterocycles. The van der Waals surface area contributed by atoms with Crippen LogP contribution in [0.5, 0.6) is 0 Å². The molecule has 1 heterocycles. The zero-order valence-corrected chi connectivity index (χ0v) is 16.1. The first-order chi connectivity index (χ1) is 11.8. The van der Waals surface area contributed by atoms with Crippen molar-refractivity contribution in [2.75, 3.05) is 7.11 Å². The van der Waals surface area contributed by atoms with Crippen molar-refractivity contribution in [1.82, 2.24) is 0 Å². The van der Waals surface area contributed by atoms with Gasteiger partial charge in [-0.2, -0.15) is 0 Å². The average molecular weight is 346 g/mol. The standard InChI is InChI=1S/C21H30O4/c1-14-7-6-12-21(4)19(25-21)11-9-15(2)13-18(22)17(10-8-14)16(3)20(23)24-5/h7,13,19H,6,8-12H2,1-5H3/b14-7+,15-13-,17-16-/t19-,21-/m0/s1. The number of allylic oxidation sites excluding steroid dienone is 5. The molecule has 0 radical (unpaired) electrons. The molecule has 0 aromatic heterocycles. The first-order valence-electron chi connectivity index (χ1n) is 9.10. The van der Waals surface area contributed by atoms with Crippen LogP contribution in [0, 0.1) is 0 Å². The molecule has 4 heteroatoms. The monoisotopic (exact) mass is 346 g/mol. The molecular formula is C21H30O4. The highest BCUT2D eigenvalue weighted by atomic mass is 16.6. The number of methoxy groups -OCH3 is 1. The molecule has 1 saturated heterocycles. The summed E-state index contributed by atoms with van der Waals surface area (Å²) < 4.78 is 10.7. The van der Waals surface area contributed by atoms with Crippen molar-refractivity contribution in [3.63, 3.8) is 0 Å². The average Bonchev–Trinajstić information content (AvgIpc) is 3.21. The molecule has 4 nitrogen and oxygen atoms in total. The maximum absolute atomic E-state index is 12.7. The molecule has 25 heavy (non-hydrogen) atoms. The molecule has 138 valence electrons. The summed E-state index contributed by atoms with van der Waals surface area (Å²) in [5.41, 5.74) is 3.24. The minimum atomic E-state index is -0.431. The number of ketones is 1. The topological polar surface area (TPSA) is 55.9 Å². The Morgan fingerprint density at radius 2 is 1.96 bits per heavy atom. The Morgan fingerprint density at radius 3 is 2.64 bits per heavy atom. The van der Waals surface area contributed by atoms with Gasteiger partial charge < -0.3 is 9.47 Å². The second kappa shape index (κ2) is 8.13. The van der Waals surface area contributed by atoms with E-state index in [1.807, 2.05) is 6.92 Å². The van der Waals surface area contributed by atoms with E-state index in [9.17, 15) is 9.59 Å². The van der Waals surface area contributed by atoms with E-state index in [1.165, 1.54) is 12.7 Å². The van der Waals surface area contributed by atoms with Gasteiger partial charge in [-0.3, -0.25) is 4.79 Å². The molecule has 0 aromatic carbocycles. The Hall–Kier alpha value is -1.68. The fourth-order valence-electron chi connectivity index (χ4n) is 3.42. The number of ether oxygens (including phenoxy) is 2. The van der Waals surface area contributed by atoms with Crippen molar-refractivity contribution in [1.29, 1.82) is 0 Å². The van der Waals surface area contributed by atoms with Crippen LogP contribution in [-0.2, 0) is 19.1 Å². The number of rotatable bonds is 1. The number of fused-ring (bicyclic) bond motifs is 1. The summed E-state index contributed by atoms with van der Waals surface area (Å²) in [5.74, 6) is -0.510.